The van der Waals surface area contributed by atoms with Gasteiger partial charge in [0.15, 0.2) is 12.6 Å². The van der Waals surface area contributed by atoms with E-state index in [0.717, 1.165) is 32.1 Å². The smallest absolute Gasteiger partial charge is 0.187 e. The first-order valence-electron chi connectivity index (χ1n) is 12.7. The van der Waals surface area contributed by atoms with Crippen LogP contribution in [-0.2, 0) is 23.7 Å². The Balaban J connectivity index is 1.99. The van der Waals surface area contributed by atoms with Gasteiger partial charge in [0, 0.05) is 0 Å². The zero-order chi connectivity index (χ0) is 26.8. The molecule has 0 amide bonds. The van der Waals surface area contributed by atoms with Gasteiger partial charge in [-0.3, -0.25) is 0 Å². The number of aliphatic hydroxyl groups excluding tert-OH is 8. The maximum atomic E-state index is 10.7. The van der Waals surface area contributed by atoms with Crippen LogP contribution < -0.4 is 0 Å². The second-order valence-electron chi connectivity index (χ2n) is 9.30. The standard InChI is InChI=1S/C23H44O13/c1-3-5-6-7-12(4-2)32-11-13(8-24)33-22-20(31)18(29)21(15(10-26)35-22)36-23-19(30)17(28)16(27)14(9-25)34-23/h12-31H,3-11H2,1-2H3/t12?,13?,14-,15-,16-,17+,18-,19-,20-,21-,22+,23-/m1/s1. The van der Waals surface area contributed by atoms with Crippen LogP contribution in [-0.4, -0.2) is 141 Å². The molecule has 0 bridgehead atoms. The Hall–Kier alpha value is -0.520. The molecule has 2 aliphatic heterocycles. The number of aliphatic hydroxyl groups is 8. The lowest BCUT2D eigenvalue weighted by Crippen LogP contribution is -2.65. The van der Waals surface area contributed by atoms with E-state index < -0.39 is 87.3 Å². The van der Waals surface area contributed by atoms with Crippen molar-refractivity contribution in [1.82, 2.24) is 0 Å². The lowest BCUT2D eigenvalue weighted by atomic mass is 9.97. The molecule has 13 heteroatoms. The van der Waals surface area contributed by atoms with Crippen LogP contribution in [0.15, 0.2) is 0 Å². The summed E-state index contributed by atoms with van der Waals surface area (Å²) in [6.45, 7) is 2.33. The van der Waals surface area contributed by atoms with Crippen molar-refractivity contribution in [2.24, 2.45) is 0 Å². The third-order valence-electron chi connectivity index (χ3n) is 6.59. The maximum absolute atomic E-state index is 10.7. The highest BCUT2D eigenvalue weighted by Crippen LogP contribution is 2.30. The molecule has 2 saturated heterocycles. The molecule has 13 nitrogen and oxygen atoms in total. The summed E-state index contributed by atoms with van der Waals surface area (Å²) in [7, 11) is 0. The lowest BCUT2D eigenvalue weighted by Gasteiger charge is -2.46. The minimum absolute atomic E-state index is 0.0153. The van der Waals surface area contributed by atoms with Gasteiger partial charge in [-0.15, -0.1) is 0 Å². The molecule has 0 aromatic heterocycles. The van der Waals surface area contributed by atoms with Gasteiger partial charge in [-0.25, -0.2) is 0 Å². The van der Waals surface area contributed by atoms with E-state index in [4.69, 9.17) is 23.7 Å². The van der Waals surface area contributed by atoms with Gasteiger partial charge in [-0.2, -0.15) is 0 Å². The van der Waals surface area contributed by atoms with Crippen molar-refractivity contribution in [3.63, 3.8) is 0 Å². The minimum Gasteiger partial charge on any atom is -0.394 e. The first-order chi connectivity index (χ1) is 17.2. The van der Waals surface area contributed by atoms with E-state index in [1.165, 1.54) is 0 Å². The summed E-state index contributed by atoms with van der Waals surface area (Å²) < 4.78 is 27.9. The third-order valence-corrected chi connectivity index (χ3v) is 6.59. The fourth-order valence-corrected chi connectivity index (χ4v) is 4.26. The number of unbranched alkanes of at least 4 members (excludes halogenated alkanes) is 2. The molecule has 0 aromatic carbocycles. The average molecular weight is 529 g/mol. The van der Waals surface area contributed by atoms with Crippen LogP contribution in [0.1, 0.15) is 46.0 Å². The van der Waals surface area contributed by atoms with Crippen LogP contribution in [0.3, 0.4) is 0 Å². The molecule has 36 heavy (non-hydrogen) atoms. The molecule has 0 aromatic rings. The Morgan fingerprint density at radius 1 is 0.722 bits per heavy atom. The fraction of sp³-hybridized carbons (Fsp3) is 1.00. The zero-order valence-electron chi connectivity index (χ0n) is 20.9. The molecular weight excluding hydrogens is 484 g/mol. The topological polar surface area (TPSA) is 208 Å². The summed E-state index contributed by atoms with van der Waals surface area (Å²) in [5.74, 6) is 0. The summed E-state index contributed by atoms with van der Waals surface area (Å²) in [6.07, 6.45) is -11.5. The molecule has 2 aliphatic rings. The molecule has 0 aliphatic carbocycles. The number of rotatable bonds is 15. The zero-order valence-corrected chi connectivity index (χ0v) is 20.9. The van der Waals surface area contributed by atoms with Crippen molar-refractivity contribution in [2.45, 2.75) is 120 Å². The van der Waals surface area contributed by atoms with Crippen molar-refractivity contribution < 1.29 is 64.5 Å². The van der Waals surface area contributed by atoms with E-state index in [0.29, 0.717) is 0 Å². The second-order valence-corrected chi connectivity index (χ2v) is 9.30. The number of ether oxygens (including phenoxy) is 5. The Morgan fingerprint density at radius 3 is 1.94 bits per heavy atom. The first-order valence-corrected chi connectivity index (χ1v) is 12.7. The molecule has 12 atom stereocenters. The summed E-state index contributed by atoms with van der Waals surface area (Å²) >= 11 is 0. The third kappa shape index (κ3) is 8.24. The summed E-state index contributed by atoms with van der Waals surface area (Å²) in [4.78, 5) is 0. The van der Waals surface area contributed by atoms with Crippen LogP contribution in [0.5, 0.6) is 0 Å². The Kier molecular flexibility index (Phi) is 13.9. The van der Waals surface area contributed by atoms with Gasteiger partial charge in [0.1, 0.15) is 54.9 Å². The molecule has 214 valence electrons. The van der Waals surface area contributed by atoms with Crippen molar-refractivity contribution >= 4 is 0 Å². The Bertz CT molecular complexity index is 594. The van der Waals surface area contributed by atoms with Gasteiger partial charge in [-0.1, -0.05) is 33.1 Å². The van der Waals surface area contributed by atoms with E-state index in [9.17, 15) is 40.9 Å². The van der Waals surface area contributed by atoms with Crippen LogP contribution in [0, 0.1) is 0 Å². The quantitative estimate of drug-likeness (QED) is 0.102. The SMILES string of the molecule is CCCCCC(CC)OCC(CO)O[C@H]1O[C@H](CO)[C@@H](O[C@H]2O[C@H](CO)[C@@H](O)[C@H](O)[C@H]2O)[C@H](O)[C@H]1O. The highest BCUT2D eigenvalue weighted by molar-refractivity contribution is 4.94. The van der Waals surface area contributed by atoms with Gasteiger partial charge in [-0.05, 0) is 12.8 Å². The molecule has 0 saturated carbocycles. The van der Waals surface area contributed by atoms with Crippen LogP contribution in [0.4, 0.5) is 0 Å². The van der Waals surface area contributed by atoms with E-state index in [2.05, 4.69) is 6.92 Å². The van der Waals surface area contributed by atoms with E-state index >= 15 is 0 Å². The van der Waals surface area contributed by atoms with Gasteiger partial charge in [0.05, 0.1) is 32.5 Å². The van der Waals surface area contributed by atoms with Gasteiger partial charge in [0.25, 0.3) is 0 Å². The monoisotopic (exact) mass is 528 g/mol. The molecule has 0 radical (unpaired) electrons. The van der Waals surface area contributed by atoms with Gasteiger partial charge >= 0.3 is 0 Å². The summed E-state index contributed by atoms with van der Waals surface area (Å²) in [5, 5.41) is 80.2. The summed E-state index contributed by atoms with van der Waals surface area (Å²) in [6, 6.07) is 0. The molecule has 2 heterocycles. The van der Waals surface area contributed by atoms with E-state index in [-0.39, 0.29) is 12.7 Å². The van der Waals surface area contributed by atoms with Crippen LogP contribution in [0.2, 0.25) is 0 Å². The normalized spacial score (nSPS) is 39.2. The average Bonchev–Trinajstić information content (AvgIpc) is 2.89. The van der Waals surface area contributed by atoms with Crippen molar-refractivity contribution in [3.05, 3.63) is 0 Å². The first kappa shape index (κ1) is 31.7. The predicted octanol–water partition coefficient (Wildman–Crippen LogP) is -2.64. The maximum Gasteiger partial charge on any atom is 0.187 e. The van der Waals surface area contributed by atoms with Gasteiger partial charge < -0.3 is 64.5 Å². The largest absolute Gasteiger partial charge is 0.394 e. The Labute approximate surface area is 211 Å². The number of hydrogen-bond acceptors (Lipinski definition) is 13. The van der Waals surface area contributed by atoms with Gasteiger partial charge in [0.2, 0.25) is 0 Å². The number of hydrogen-bond donors (Lipinski definition) is 8. The van der Waals surface area contributed by atoms with Crippen LogP contribution >= 0.6 is 0 Å². The highest BCUT2D eigenvalue weighted by Gasteiger charge is 2.51. The summed E-state index contributed by atoms with van der Waals surface area (Å²) in [5.41, 5.74) is 0. The molecule has 2 fully saturated rings. The predicted molar refractivity (Wildman–Crippen MR) is 123 cm³/mol. The second kappa shape index (κ2) is 15.8. The van der Waals surface area contributed by atoms with E-state index in [1.54, 1.807) is 0 Å². The molecule has 8 N–H and O–H groups in total. The highest BCUT2D eigenvalue weighted by atomic mass is 16.7. The van der Waals surface area contributed by atoms with Crippen molar-refractivity contribution in [1.29, 1.82) is 0 Å². The molecular formula is C23H44O13. The Morgan fingerprint density at radius 2 is 1.36 bits per heavy atom. The molecule has 0 spiro atoms. The van der Waals surface area contributed by atoms with Crippen molar-refractivity contribution in [2.75, 3.05) is 26.4 Å². The van der Waals surface area contributed by atoms with Crippen molar-refractivity contribution in [3.8, 4) is 0 Å². The lowest BCUT2D eigenvalue weighted by molar-refractivity contribution is -0.364. The van der Waals surface area contributed by atoms with E-state index in [1.807, 2.05) is 6.92 Å². The fourth-order valence-electron chi connectivity index (χ4n) is 4.26. The minimum atomic E-state index is -1.75. The van der Waals surface area contributed by atoms with Crippen LogP contribution in [0.25, 0.3) is 0 Å². The molecule has 2 unspecified atom stereocenters. The molecule has 2 rings (SSSR count).